The molecule has 0 aliphatic carbocycles. The molecule has 0 bridgehead atoms. The number of benzene rings is 2. The van der Waals surface area contributed by atoms with Gasteiger partial charge >= 0.3 is 0 Å². The summed E-state index contributed by atoms with van der Waals surface area (Å²) in [7, 11) is 0.149. The smallest absolute Gasteiger partial charge is 0.186 e. The molecule has 0 heterocycles. The number of ether oxygens (including phenoxy) is 1. The van der Waals surface area contributed by atoms with Crippen molar-refractivity contribution in [2.75, 3.05) is 6.61 Å². The van der Waals surface area contributed by atoms with E-state index >= 15 is 0 Å². The standard InChI is InChI=1S/C18H21O2P/c1-5-20-15-6-8-16(9-7-15)21-18(19)17-13(3)10-12(2)11-14(17)4/h6-11,21H,5H2,1-4H3. The Morgan fingerprint density at radius 2 is 1.62 bits per heavy atom. The van der Waals surface area contributed by atoms with Crippen molar-refractivity contribution in [1.29, 1.82) is 0 Å². The minimum absolute atomic E-state index is 0.149. The van der Waals surface area contributed by atoms with Gasteiger partial charge in [-0.2, -0.15) is 0 Å². The lowest BCUT2D eigenvalue weighted by Crippen LogP contribution is -2.05. The predicted octanol–water partition coefficient (Wildman–Crippen LogP) is 4.15. The highest BCUT2D eigenvalue weighted by atomic mass is 31.1. The number of rotatable bonds is 5. The van der Waals surface area contributed by atoms with Crippen LogP contribution in [0.3, 0.4) is 0 Å². The molecule has 2 nitrogen and oxygen atoms in total. The van der Waals surface area contributed by atoms with Crippen LogP contribution < -0.4 is 10.0 Å². The van der Waals surface area contributed by atoms with Crippen molar-refractivity contribution in [1.82, 2.24) is 0 Å². The molecule has 2 aromatic carbocycles. The van der Waals surface area contributed by atoms with Crippen LogP contribution in [0.4, 0.5) is 0 Å². The summed E-state index contributed by atoms with van der Waals surface area (Å²) in [6.07, 6.45) is 0. The summed E-state index contributed by atoms with van der Waals surface area (Å²) < 4.78 is 5.42. The van der Waals surface area contributed by atoms with Crippen LogP contribution >= 0.6 is 8.58 Å². The van der Waals surface area contributed by atoms with E-state index in [1.54, 1.807) is 0 Å². The Kier molecular flexibility index (Phi) is 5.14. The Balaban J connectivity index is 2.18. The van der Waals surface area contributed by atoms with Crippen molar-refractivity contribution >= 4 is 19.4 Å². The van der Waals surface area contributed by atoms with E-state index in [4.69, 9.17) is 4.74 Å². The zero-order valence-electron chi connectivity index (χ0n) is 13.0. The molecule has 2 aromatic rings. The Hall–Kier alpha value is -1.66. The SMILES string of the molecule is CCOc1ccc(PC(=O)c2c(C)cc(C)cc2C)cc1. The summed E-state index contributed by atoms with van der Waals surface area (Å²) >= 11 is 0. The maximum Gasteiger partial charge on any atom is 0.186 e. The van der Waals surface area contributed by atoms with Gasteiger partial charge < -0.3 is 4.74 Å². The van der Waals surface area contributed by atoms with Gasteiger partial charge in [-0.25, -0.2) is 0 Å². The summed E-state index contributed by atoms with van der Waals surface area (Å²) in [5.74, 6) is 0.848. The predicted molar refractivity (Wildman–Crippen MR) is 90.5 cm³/mol. The number of hydrogen-bond acceptors (Lipinski definition) is 2. The van der Waals surface area contributed by atoms with E-state index in [-0.39, 0.29) is 14.1 Å². The molecule has 1 unspecified atom stereocenters. The normalized spacial score (nSPS) is 11.0. The van der Waals surface area contributed by atoms with Gasteiger partial charge in [-0.1, -0.05) is 29.8 Å². The van der Waals surface area contributed by atoms with Crippen LogP contribution in [0.5, 0.6) is 5.75 Å². The van der Waals surface area contributed by atoms with Gasteiger partial charge in [-0.05, 0) is 64.8 Å². The fourth-order valence-electron chi connectivity index (χ4n) is 2.53. The number of carbonyl (C=O) groups excluding carboxylic acids is 1. The molecule has 0 amide bonds. The molecule has 2 rings (SSSR count). The fraction of sp³-hybridized carbons (Fsp3) is 0.278. The van der Waals surface area contributed by atoms with E-state index in [0.717, 1.165) is 27.7 Å². The van der Waals surface area contributed by atoms with E-state index in [2.05, 4.69) is 19.1 Å². The van der Waals surface area contributed by atoms with Crippen LogP contribution in [0.25, 0.3) is 0 Å². The third-order valence-electron chi connectivity index (χ3n) is 3.33. The van der Waals surface area contributed by atoms with Crippen molar-refractivity contribution in [2.24, 2.45) is 0 Å². The monoisotopic (exact) mass is 300 g/mol. The first kappa shape index (κ1) is 15.7. The van der Waals surface area contributed by atoms with Crippen LogP contribution in [-0.2, 0) is 0 Å². The summed E-state index contributed by atoms with van der Waals surface area (Å²) in [6.45, 7) is 8.69. The molecule has 0 radical (unpaired) electrons. The van der Waals surface area contributed by atoms with Gasteiger partial charge in [0.1, 0.15) is 5.75 Å². The number of hydrogen-bond donors (Lipinski definition) is 0. The van der Waals surface area contributed by atoms with E-state index in [0.29, 0.717) is 6.61 Å². The van der Waals surface area contributed by atoms with Gasteiger partial charge in [0.15, 0.2) is 5.52 Å². The summed E-state index contributed by atoms with van der Waals surface area (Å²) in [5, 5.41) is 1.04. The molecule has 0 saturated carbocycles. The molecular formula is C18H21O2P. The highest BCUT2D eigenvalue weighted by Gasteiger charge is 2.13. The second kappa shape index (κ2) is 6.87. The van der Waals surface area contributed by atoms with Gasteiger partial charge in [0, 0.05) is 5.56 Å². The zero-order valence-corrected chi connectivity index (χ0v) is 14.0. The number of aryl methyl sites for hydroxylation is 3. The third-order valence-corrected chi connectivity index (χ3v) is 4.43. The molecular weight excluding hydrogens is 279 g/mol. The van der Waals surface area contributed by atoms with Crippen molar-refractivity contribution in [2.45, 2.75) is 27.7 Å². The molecule has 0 saturated heterocycles. The summed E-state index contributed by atoms with van der Waals surface area (Å²) in [4.78, 5) is 12.6. The second-order valence-electron chi connectivity index (χ2n) is 5.19. The van der Waals surface area contributed by atoms with Gasteiger partial charge in [-0.15, -0.1) is 0 Å². The minimum Gasteiger partial charge on any atom is -0.494 e. The lowest BCUT2D eigenvalue weighted by Gasteiger charge is -2.10. The van der Waals surface area contributed by atoms with Gasteiger partial charge in [-0.3, -0.25) is 4.79 Å². The quantitative estimate of drug-likeness (QED) is 0.775. The van der Waals surface area contributed by atoms with Gasteiger partial charge in [0.05, 0.1) is 6.61 Å². The molecule has 0 aliphatic rings. The Labute approximate surface area is 128 Å². The summed E-state index contributed by atoms with van der Waals surface area (Å²) in [5.41, 5.74) is 4.40. The van der Waals surface area contributed by atoms with E-state index in [1.165, 1.54) is 5.56 Å². The van der Waals surface area contributed by atoms with Crippen molar-refractivity contribution in [3.05, 3.63) is 58.7 Å². The van der Waals surface area contributed by atoms with Crippen LogP contribution in [0, 0.1) is 20.8 Å². The largest absolute Gasteiger partial charge is 0.494 e. The Bertz CT molecular complexity index is 622. The van der Waals surface area contributed by atoms with Crippen LogP contribution in [-0.4, -0.2) is 12.1 Å². The minimum atomic E-state index is 0.149. The number of carbonyl (C=O) groups is 1. The highest BCUT2D eigenvalue weighted by Crippen LogP contribution is 2.25. The lowest BCUT2D eigenvalue weighted by atomic mass is 10.0. The third kappa shape index (κ3) is 3.92. The van der Waals surface area contributed by atoms with Crippen LogP contribution in [0.15, 0.2) is 36.4 Å². The molecule has 0 aromatic heterocycles. The molecule has 21 heavy (non-hydrogen) atoms. The van der Waals surface area contributed by atoms with Gasteiger partial charge in [0.25, 0.3) is 0 Å². The first-order valence-electron chi connectivity index (χ1n) is 7.13. The summed E-state index contributed by atoms with van der Waals surface area (Å²) in [6, 6.07) is 11.9. The first-order chi connectivity index (χ1) is 10.0. The average molecular weight is 300 g/mol. The zero-order chi connectivity index (χ0) is 15.4. The van der Waals surface area contributed by atoms with E-state index in [1.807, 2.05) is 45.0 Å². The maximum absolute atomic E-state index is 12.6. The average Bonchev–Trinajstić information content (AvgIpc) is 2.40. The molecule has 0 aliphatic heterocycles. The molecule has 1 atom stereocenters. The van der Waals surface area contributed by atoms with Crippen molar-refractivity contribution in [3.63, 3.8) is 0 Å². The van der Waals surface area contributed by atoms with E-state index < -0.39 is 0 Å². The van der Waals surface area contributed by atoms with Crippen LogP contribution in [0.2, 0.25) is 0 Å². The Morgan fingerprint density at radius 1 is 1.05 bits per heavy atom. The van der Waals surface area contributed by atoms with Crippen LogP contribution in [0.1, 0.15) is 34.0 Å². The highest BCUT2D eigenvalue weighted by molar-refractivity contribution is 7.66. The Morgan fingerprint density at radius 3 is 2.14 bits per heavy atom. The van der Waals surface area contributed by atoms with E-state index in [9.17, 15) is 4.79 Å². The van der Waals surface area contributed by atoms with Crippen molar-refractivity contribution in [3.8, 4) is 5.75 Å². The van der Waals surface area contributed by atoms with Crippen molar-refractivity contribution < 1.29 is 9.53 Å². The second-order valence-corrected chi connectivity index (χ2v) is 6.47. The first-order valence-corrected chi connectivity index (χ1v) is 8.13. The van der Waals surface area contributed by atoms with Gasteiger partial charge in [0.2, 0.25) is 0 Å². The topological polar surface area (TPSA) is 26.3 Å². The maximum atomic E-state index is 12.6. The molecule has 110 valence electrons. The fourth-order valence-corrected chi connectivity index (χ4v) is 3.65. The molecule has 0 fully saturated rings. The lowest BCUT2D eigenvalue weighted by molar-refractivity contribution is 0.108. The molecule has 0 N–H and O–H groups in total. The molecule has 3 heteroatoms. The molecule has 0 spiro atoms.